The first-order chi connectivity index (χ1) is 19.3. The fourth-order valence-corrected chi connectivity index (χ4v) is 6.37. The number of phenolic OH excluding ortho intramolecular Hbond substituents is 2. The molecule has 5 N–H and O–H groups in total. The SMILES string of the molecule is C=C(C)C(C)C1(O)Cc2c(O)c3c(c(O)c2C(OC2CC(N)C(N=O)C(C)O2)C1)C(=O)c1c(OC)cccc1C3=O. The molecule has 0 bridgehead atoms. The average molecular weight is 567 g/mol. The van der Waals surface area contributed by atoms with E-state index in [4.69, 9.17) is 19.9 Å². The highest BCUT2D eigenvalue weighted by atomic mass is 16.7. The van der Waals surface area contributed by atoms with Crippen molar-refractivity contribution < 1.29 is 39.1 Å². The fourth-order valence-electron chi connectivity index (χ4n) is 6.37. The molecule has 7 unspecified atom stereocenters. The molecule has 1 fully saturated rings. The number of nitrogens with zero attached hydrogens (tertiary/aromatic N) is 1. The number of hydrogen-bond donors (Lipinski definition) is 4. The molecule has 0 saturated carbocycles. The molecular formula is C30H34N2O9. The summed E-state index contributed by atoms with van der Waals surface area (Å²) in [5.41, 5.74) is 4.79. The number of methoxy groups -OCH3 is 1. The molecule has 1 heterocycles. The Bertz CT molecular complexity index is 1460. The number of phenols is 2. The maximum absolute atomic E-state index is 13.8. The molecule has 7 atom stereocenters. The smallest absolute Gasteiger partial charge is 0.202 e. The van der Waals surface area contributed by atoms with Crippen LogP contribution in [-0.2, 0) is 15.9 Å². The van der Waals surface area contributed by atoms with E-state index in [-0.39, 0.29) is 58.4 Å². The lowest BCUT2D eigenvalue weighted by Crippen LogP contribution is -2.51. The van der Waals surface area contributed by atoms with Crippen LogP contribution in [0.25, 0.3) is 0 Å². The van der Waals surface area contributed by atoms with Crippen LogP contribution in [0.3, 0.4) is 0 Å². The van der Waals surface area contributed by atoms with Crippen LogP contribution in [0, 0.1) is 10.8 Å². The summed E-state index contributed by atoms with van der Waals surface area (Å²) in [5, 5.41) is 38.2. The number of nitroso groups, excluding NO2 is 1. The van der Waals surface area contributed by atoms with Gasteiger partial charge in [0.1, 0.15) is 23.3 Å². The van der Waals surface area contributed by atoms with Crippen molar-refractivity contribution in [3.63, 3.8) is 0 Å². The van der Waals surface area contributed by atoms with Crippen molar-refractivity contribution in [2.24, 2.45) is 16.8 Å². The predicted molar refractivity (Wildman–Crippen MR) is 147 cm³/mol. The van der Waals surface area contributed by atoms with Crippen molar-refractivity contribution in [2.45, 2.75) is 76.2 Å². The van der Waals surface area contributed by atoms with Gasteiger partial charge in [0.2, 0.25) is 5.78 Å². The van der Waals surface area contributed by atoms with Gasteiger partial charge >= 0.3 is 0 Å². The highest BCUT2D eigenvalue weighted by Gasteiger charge is 2.49. The largest absolute Gasteiger partial charge is 0.507 e. The van der Waals surface area contributed by atoms with Gasteiger partial charge in [0.15, 0.2) is 12.1 Å². The minimum Gasteiger partial charge on any atom is -0.507 e. The lowest BCUT2D eigenvalue weighted by atomic mass is 9.68. The maximum Gasteiger partial charge on any atom is 0.202 e. The van der Waals surface area contributed by atoms with E-state index < -0.39 is 65.2 Å². The number of aliphatic hydroxyl groups is 1. The Hall–Kier alpha value is -3.64. The van der Waals surface area contributed by atoms with Gasteiger partial charge in [-0.2, -0.15) is 4.91 Å². The zero-order chi connectivity index (χ0) is 30.0. The molecule has 1 saturated heterocycles. The summed E-state index contributed by atoms with van der Waals surface area (Å²) in [4.78, 5) is 38.7. The maximum atomic E-state index is 13.8. The van der Waals surface area contributed by atoms with Crippen LogP contribution >= 0.6 is 0 Å². The summed E-state index contributed by atoms with van der Waals surface area (Å²) in [7, 11) is 1.36. The van der Waals surface area contributed by atoms with Crippen LogP contribution in [0.1, 0.15) is 82.7 Å². The third-order valence-electron chi connectivity index (χ3n) is 8.84. The lowest BCUT2D eigenvalue weighted by molar-refractivity contribution is -0.231. The Balaban J connectivity index is 1.68. The van der Waals surface area contributed by atoms with Crippen LogP contribution < -0.4 is 10.5 Å². The number of nitrogens with two attached hydrogens (primary N) is 1. The van der Waals surface area contributed by atoms with Crippen molar-refractivity contribution >= 4 is 11.6 Å². The predicted octanol–water partition coefficient (Wildman–Crippen LogP) is 3.43. The Morgan fingerprint density at radius 2 is 1.88 bits per heavy atom. The lowest BCUT2D eigenvalue weighted by Gasteiger charge is -2.45. The van der Waals surface area contributed by atoms with E-state index >= 15 is 0 Å². The number of ketones is 2. The minimum absolute atomic E-state index is 0.0225. The second-order valence-corrected chi connectivity index (χ2v) is 11.3. The summed E-state index contributed by atoms with van der Waals surface area (Å²) in [6.45, 7) is 9.17. The Kier molecular flexibility index (Phi) is 7.27. The molecule has 41 heavy (non-hydrogen) atoms. The monoisotopic (exact) mass is 566 g/mol. The Morgan fingerprint density at radius 3 is 2.49 bits per heavy atom. The van der Waals surface area contributed by atoms with Crippen molar-refractivity contribution in [1.29, 1.82) is 0 Å². The summed E-state index contributed by atoms with van der Waals surface area (Å²) < 4.78 is 17.5. The summed E-state index contributed by atoms with van der Waals surface area (Å²) >= 11 is 0. The molecule has 0 aromatic heterocycles. The molecule has 11 nitrogen and oxygen atoms in total. The van der Waals surface area contributed by atoms with Gasteiger partial charge in [-0.15, -0.1) is 0 Å². The quantitative estimate of drug-likeness (QED) is 0.196. The number of aromatic hydroxyl groups is 2. The molecule has 3 aliphatic rings. The van der Waals surface area contributed by atoms with Crippen molar-refractivity contribution in [2.75, 3.05) is 7.11 Å². The second-order valence-electron chi connectivity index (χ2n) is 11.3. The zero-order valence-corrected chi connectivity index (χ0v) is 23.3. The van der Waals surface area contributed by atoms with Crippen LogP contribution in [0.15, 0.2) is 35.5 Å². The van der Waals surface area contributed by atoms with Crippen LogP contribution in [0.2, 0.25) is 0 Å². The normalized spacial score (nSPS) is 29.7. The van der Waals surface area contributed by atoms with E-state index in [1.807, 2.05) is 0 Å². The van der Waals surface area contributed by atoms with E-state index in [0.29, 0.717) is 5.57 Å². The number of fused-ring (bicyclic) bond motifs is 3. The number of hydrogen-bond acceptors (Lipinski definition) is 11. The zero-order valence-electron chi connectivity index (χ0n) is 23.3. The molecule has 0 radical (unpaired) electrons. The van der Waals surface area contributed by atoms with Gasteiger partial charge in [-0.1, -0.05) is 36.4 Å². The van der Waals surface area contributed by atoms with Crippen molar-refractivity contribution in [1.82, 2.24) is 0 Å². The molecule has 0 amide bonds. The van der Waals surface area contributed by atoms with E-state index in [1.54, 1.807) is 26.8 Å². The molecule has 218 valence electrons. The van der Waals surface area contributed by atoms with E-state index in [2.05, 4.69) is 11.8 Å². The topological polar surface area (TPSA) is 178 Å². The minimum atomic E-state index is -1.50. The number of benzene rings is 2. The first kappa shape index (κ1) is 28.9. The number of carbonyl (C=O) groups excluding carboxylic acids is 2. The molecule has 1 aliphatic heterocycles. The Morgan fingerprint density at radius 1 is 1.20 bits per heavy atom. The van der Waals surface area contributed by atoms with Gasteiger partial charge < -0.3 is 35.3 Å². The molecule has 2 aliphatic carbocycles. The van der Waals surface area contributed by atoms with Crippen molar-refractivity contribution in [3.8, 4) is 17.2 Å². The molecule has 2 aromatic rings. The molecule has 11 heteroatoms. The highest BCUT2D eigenvalue weighted by Crippen LogP contribution is 2.54. The summed E-state index contributed by atoms with van der Waals surface area (Å²) in [6.07, 6.45) is -2.80. The molecule has 0 spiro atoms. The van der Waals surface area contributed by atoms with Crippen LogP contribution in [-0.4, -0.2) is 64.1 Å². The first-order valence-electron chi connectivity index (χ1n) is 13.5. The van der Waals surface area contributed by atoms with Gasteiger partial charge in [-0.05, 0) is 19.9 Å². The third kappa shape index (κ3) is 4.44. The molecule has 5 rings (SSSR count). The van der Waals surface area contributed by atoms with Gasteiger partial charge in [-0.3, -0.25) is 9.59 Å². The van der Waals surface area contributed by atoms with Gasteiger partial charge in [0, 0.05) is 47.9 Å². The van der Waals surface area contributed by atoms with Gasteiger partial charge in [0.25, 0.3) is 0 Å². The standard InChI is InChI=1S/C30H34N2O9/c1-12(2)13(3)30(37)10-16-22(19(11-30)41-20-9-17(31)25(32-38)14(4)40-20)29(36)24-23(27(16)34)26(33)15-7-6-8-18(39-5)21(15)28(24)35/h6-8,13-14,17,19-20,25,34,36-37H,1,9-11,31H2,2-5H3. The fraction of sp³-hybridized carbons (Fsp3) is 0.467. The van der Waals surface area contributed by atoms with Crippen molar-refractivity contribution in [3.05, 3.63) is 68.6 Å². The van der Waals surface area contributed by atoms with E-state index in [9.17, 15) is 29.8 Å². The van der Waals surface area contributed by atoms with E-state index in [1.165, 1.54) is 19.2 Å². The van der Waals surface area contributed by atoms with E-state index in [0.717, 1.165) is 0 Å². The van der Waals surface area contributed by atoms with Crippen LogP contribution in [0.5, 0.6) is 17.2 Å². The molecular weight excluding hydrogens is 532 g/mol. The summed E-state index contributed by atoms with van der Waals surface area (Å²) in [6, 6.07) is 3.10. The van der Waals surface area contributed by atoms with Gasteiger partial charge in [0.05, 0.1) is 41.6 Å². The third-order valence-corrected chi connectivity index (χ3v) is 8.84. The second kappa shape index (κ2) is 10.3. The Labute approximate surface area is 236 Å². The number of ether oxygens (including phenoxy) is 3. The number of carbonyl (C=O) groups is 2. The first-order valence-corrected chi connectivity index (χ1v) is 13.5. The average Bonchev–Trinajstić information content (AvgIpc) is 2.92. The summed E-state index contributed by atoms with van der Waals surface area (Å²) in [5.74, 6) is -2.72. The number of rotatable bonds is 6. The van der Waals surface area contributed by atoms with Crippen LogP contribution in [0.4, 0.5) is 0 Å². The van der Waals surface area contributed by atoms with Gasteiger partial charge in [-0.25, -0.2) is 0 Å². The molecule has 2 aromatic carbocycles. The highest BCUT2D eigenvalue weighted by molar-refractivity contribution is 6.31.